The van der Waals surface area contributed by atoms with E-state index < -0.39 is 6.29 Å². The Kier molecular flexibility index (Phi) is 3.58. The predicted molar refractivity (Wildman–Crippen MR) is 54.0 cm³/mol. The molecule has 0 aliphatic rings. The summed E-state index contributed by atoms with van der Waals surface area (Å²) in [5.74, 6) is 0. The number of rotatable bonds is 3. The fourth-order valence-corrected chi connectivity index (χ4v) is 1.16. The highest BCUT2D eigenvalue weighted by Gasteiger charge is 2.10. The second-order valence-corrected chi connectivity index (χ2v) is 2.69. The number of ether oxygens (including phenoxy) is 2. The molecule has 0 heterocycles. The Hall–Kier alpha value is -0.730. The van der Waals surface area contributed by atoms with E-state index in [1.54, 1.807) is 32.4 Å². The van der Waals surface area contributed by atoms with Crippen molar-refractivity contribution >= 4 is 26.6 Å². The molecule has 1 aromatic carbocycles. The van der Waals surface area contributed by atoms with E-state index in [2.05, 4.69) is 0 Å². The maximum atomic E-state index is 5.73. The summed E-state index contributed by atoms with van der Waals surface area (Å²) in [7, 11) is 14.4. The van der Waals surface area contributed by atoms with E-state index in [0.717, 1.165) is 5.56 Å². The van der Waals surface area contributed by atoms with Gasteiger partial charge in [-0.25, -0.2) is 0 Å². The van der Waals surface area contributed by atoms with Crippen LogP contribution in [0.2, 0.25) is 0 Å². The molecule has 1 rings (SSSR count). The molecule has 0 aromatic heterocycles. The van der Waals surface area contributed by atoms with Crippen molar-refractivity contribution in [2.24, 2.45) is 0 Å². The SMILES string of the molecule is [B]c1ccc(C(OC)OC)c([B])c1. The number of hydrogen-bond donors (Lipinski definition) is 0. The lowest BCUT2D eigenvalue weighted by Crippen LogP contribution is -2.21. The average molecular weight is 172 g/mol. The van der Waals surface area contributed by atoms with Gasteiger partial charge in [-0.3, -0.25) is 0 Å². The molecule has 1 aromatic rings. The molecular formula is C9H10B2O2. The first-order valence-corrected chi connectivity index (χ1v) is 3.89. The third kappa shape index (κ3) is 2.36. The van der Waals surface area contributed by atoms with Crippen LogP contribution in [0.5, 0.6) is 0 Å². The second kappa shape index (κ2) is 4.49. The summed E-state index contributed by atoms with van der Waals surface area (Å²) in [5.41, 5.74) is 2.00. The van der Waals surface area contributed by atoms with Crippen LogP contribution in [0.15, 0.2) is 18.2 Å². The Labute approximate surface area is 81.1 Å². The van der Waals surface area contributed by atoms with Gasteiger partial charge in [-0.1, -0.05) is 29.1 Å². The number of hydrogen-bond acceptors (Lipinski definition) is 2. The fraction of sp³-hybridized carbons (Fsp3) is 0.333. The van der Waals surface area contributed by atoms with Crippen LogP contribution in [0.3, 0.4) is 0 Å². The quantitative estimate of drug-likeness (QED) is 0.454. The topological polar surface area (TPSA) is 18.5 Å². The van der Waals surface area contributed by atoms with Crippen LogP contribution in [0.25, 0.3) is 0 Å². The zero-order chi connectivity index (χ0) is 9.84. The van der Waals surface area contributed by atoms with E-state index >= 15 is 0 Å². The first-order valence-electron chi connectivity index (χ1n) is 3.89. The van der Waals surface area contributed by atoms with Crippen molar-refractivity contribution in [2.75, 3.05) is 14.2 Å². The van der Waals surface area contributed by atoms with E-state index in [9.17, 15) is 0 Å². The minimum absolute atomic E-state index is 0.430. The van der Waals surface area contributed by atoms with E-state index in [1.165, 1.54) is 0 Å². The molecule has 0 N–H and O–H groups in total. The zero-order valence-corrected chi connectivity index (χ0v) is 7.78. The summed E-state index contributed by atoms with van der Waals surface area (Å²) >= 11 is 0. The van der Waals surface area contributed by atoms with Gasteiger partial charge in [0.1, 0.15) is 15.7 Å². The van der Waals surface area contributed by atoms with Gasteiger partial charge in [0.2, 0.25) is 0 Å². The molecule has 0 saturated heterocycles. The van der Waals surface area contributed by atoms with Crippen LogP contribution in [0, 0.1) is 0 Å². The third-order valence-corrected chi connectivity index (χ3v) is 1.79. The minimum Gasteiger partial charge on any atom is -0.352 e. The van der Waals surface area contributed by atoms with Crippen LogP contribution >= 0.6 is 0 Å². The lowest BCUT2D eigenvalue weighted by Gasteiger charge is -2.16. The smallest absolute Gasteiger partial charge is 0.182 e. The molecule has 0 unspecified atom stereocenters. The van der Waals surface area contributed by atoms with Crippen LogP contribution in [0.1, 0.15) is 11.9 Å². The van der Waals surface area contributed by atoms with E-state index in [0.29, 0.717) is 10.9 Å². The summed E-state index contributed by atoms with van der Waals surface area (Å²) in [6, 6.07) is 5.24. The first-order chi connectivity index (χ1) is 6.19. The summed E-state index contributed by atoms with van der Waals surface area (Å²) < 4.78 is 10.1. The highest BCUT2D eigenvalue weighted by molar-refractivity contribution is 6.38. The maximum absolute atomic E-state index is 5.73. The molecule has 4 heteroatoms. The molecule has 0 fully saturated rings. The van der Waals surface area contributed by atoms with Crippen molar-refractivity contribution in [1.29, 1.82) is 0 Å². The maximum Gasteiger partial charge on any atom is 0.182 e. The number of methoxy groups -OCH3 is 2. The molecule has 4 radical (unpaired) electrons. The van der Waals surface area contributed by atoms with Gasteiger partial charge in [0.15, 0.2) is 6.29 Å². The highest BCUT2D eigenvalue weighted by atomic mass is 16.7. The first kappa shape index (κ1) is 10.4. The van der Waals surface area contributed by atoms with Crippen molar-refractivity contribution in [3.05, 3.63) is 23.8 Å². The lowest BCUT2D eigenvalue weighted by molar-refractivity contribution is -0.105. The molecule has 2 nitrogen and oxygen atoms in total. The molecule has 0 atom stereocenters. The number of benzene rings is 1. The summed E-state index contributed by atoms with van der Waals surface area (Å²) in [4.78, 5) is 0. The van der Waals surface area contributed by atoms with Gasteiger partial charge in [0.25, 0.3) is 0 Å². The van der Waals surface area contributed by atoms with E-state index in [-0.39, 0.29) is 0 Å². The molecule has 0 aliphatic heterocycles. The molecule has 0 aliphatic carbocycles. The summed E-state index contributed by atoms with van der Waals surface area (Å²) in [6.45, 7) is 0. The Bertz CT molecular complexity index is 285. The van der Waals surface area contributed by atoms with Crippen LogP contribution in [-0.4, -0.2) is 29.9 Å². The van der Waals surface area contributed by atoms with Gasteiger partial charge in [-0.05, 0) is 0 Å². The zero-order valence-electron chi connectivity index (χ0n) is 7.78. The lowest BCUT2D eigenvalue weighted by atomic mass is 9.84. The molecule has 0 saturated carbocycles. The minimum atomic E-state index is -0.430. The molecule has 64 valence electrons. The largest absolute Gasteiger partial charge is 0.352 e. The van der Waals surface area contributed by atoms with Gasteiger partial charge in [-0.15, -0.1) is 0 Å². The molecule has 0 amide bonds. The Morgan fingerprint density at radius 3 is 2.23 bits per heavy atom. The normalized spacial score (nSPS) is 10.7. The van der Waals surface area contributed by atoms with Gasteiger partial charge >= 0.3 is 0 Å². The van der Waals surface area contributed by atoms with Crippen LogP contribution in [-0.2, 0) is 9.47 Å². The standard InChI is InChI=1S/C9H10B2O2/c1-12-9(13-2)7-4-3-6(10)5-8(7)11/h3-5,9H,1-2H3. The predicted octanol–water partition coefficient (Wildman–Crippen LogP) is -0.434. The third-order valence-electron chi connectivity index (χ3n) is 1.79. The van der Waals surface area contributed by atoms with E-state index in [4.69, 9.17) is 25.2 Å². The van der Waals surface area contributed by atoms with Crippen molar-refractivity contribution < 1.29 is 9.47 Å². The van der Waals surface area contributed by atoms with Gasteiger partial charge < -0.3 is 9.47 Å². The Balaban J connectivity index is 2.99. The monoisotopic (exact) mass is 172 g/mol. The molecule has 13 heavy (non-hydrogen) atoms. The van der Waals surface area contributed by atoms with Gasteiger partial charge in [0.05, 0.1) is 0 Å². The fourth-order valence-electron chi connectivity index (χ4n) is 1.16. The summed E-state index contributed by atoms with van der Waals surface area (Å²) in [6.07, 6.45) is -0.430. The Morgan fingerprint density at radius 2 is 1.77 bits per heavy atom. The Morgan fingerprint density at radius 1 is 1.15 bits per heavy atom. The highest BCUT2D eigenvalue weighted by Crippen LogP contribution is 2.13. The van der Waals surface area contributed by atoms with Crippen LogP contribution in [0.4, 0.5) is 0 Å². The van der Waals surface area contributed by atoms with Crippen LogP contribution < -0.4 is 10.9 Å². The van der Waals surface area contributed by atoms with Gasteiger partial charge in [-0.2, -0.15) is 0 Å². The van der Waals surface area contributed by atoms with Crippen molar-refractivity contribution in [3.63, 3.8) is 0 Å². The van der Waals surface area contributed by atoms with Crippen molar-refractivity contribution in [1.82, 2.24) is 0 Å². The van der Waals surface area contributed by atoms with Crippen molar-refractivity contribution in [2.45, 2.75) is 6.29 Å². The van der Waals surface area contributed by atoms with E-state index in [1.807, 2.05) is 0 Å². The molecular weight excluding hydrogens is 162 g/mol. The molecule has 0 spiro atoms. The van der Waals surface area contributed by atoms with Crippen molar-refractivity contribution in [3.8, 4) is 0 Å². The molecule has 0 bridgehead atoms. The average Bonchev–Trinajstić information content (AvgIpc) is 2.10. The second-order valence-electron chi connectivity index (χ2n) is 2.69. The van der Waals surface area contributed by atoms with Gasteiger partial charge in [0, 0.05) is 19.8 Å². The summed E-state index contributed by atoms with van der Waals surface area (Å²) in [5, 5.41) is 0.